The Kier molecular flexibility index (Phi) is 2.71. The average Bonchev–Trinajstić information content (AvgIpc) is 2.84. The molecule has 1 aliphatic heterocycles. The summed E-state index contributed by atoms with van der Waals surface area (Å²) in [7, 11) is 0. The Balaban J connectivity index is 1.75. The first-order chi connectivity index (χ1) is 9.79. The molecule has 0 amide bonds. The van der Waals surface area contributed by atoms with E-state index in [9.17, 15) is 4.79 Å². The molecule has 104 valence electrons. The number of para-hydroxylation sites is 1. The van der Waals surface area contributed by atoms with Gasteiger partial charge in [0.25, 0.3) is 0 Å². The van der Waals surface area contributed by atoms with Gasteiger partial charge in [0, 0.05) is 35.4 Å². The number of fused-ring (bicyclic) bond motifs is 1. The van der Waals surface area contributed by atoms with E-state index < -0.39 is 0 Å². The molecule has 2 heterocycles. The zero-order valence-corrected chi connectivity index (χ0v) is 11.5. The highest BCUT2D eigenvalue weighted by Gasteiger charge is 2.48. The van der Waals surface area contributed by atoms with Gasteiger partial charge >= 0.3 is 0 Å². The molecule has 2 aromatic rings. The first-order valence-corrected chi connectivity index (χ1v) is 7.46. The van der Waals surface area contributed by atoms with Gasteiger partial charge in [-0.2, -0.15) is 0 Å². The van der Waals surface area contributed by atoms with Gasteiger partial charge in [-0.25, -0.2) is 0 Å². The number of nitrogens with one attached hydrogen (secondary N) is 1. The zero-order valence-electron chi connectivity index (χ0n) is 11.5. The van der Waals surface area contributed by atoms with Crippen molar-refractivity contribution in [3.8, 4) is 0 Å². The van der Waals surface area contributed by atoms with Gasteiger partial charge in [0.05, 0.1) is 13.2 Å². The number of carbonyl (C=O) groups is 1. The summed E-state index contributed by atoms with van der Waals surface area (Å²) in [4.78, 5) is 14.9. The van der Waals surface area contributed by atoms with Crippen LogP contribution in [0.25, 0.3) is 10.9 Å². The first kappa shape index (κ1) is 12.2. The van der Waals surface area contributed by atoms with Crippen molar-refractivity contribution in [1.82, 2.24) is 4.98 Å². The number of hydrogen-bond donors (Lipinski definition) is 1. The van der Waals surface area contributed by atoms with Crippen LogP contribution in [0.1, 0.15) is 31.2 Å². The smallest absolute Gasteiger partial charge is 0.132 e. The number of ketones is 1. The van der Waals surface area contributed by atoms with E-state index in [1.54, 1.807) is 0 Å². The third-order valence-electron chi connectivity index (χ3n) is 5.17. The number of aromatic amines is 1. The van der Waals surface area contributed by atoms with E-state index in [1.807, 2.05) is 0 Å². The number of Topliss-reactive ketones (excluding diaryl/α,β-unsaturated/α-hetero) is 1. The van der Waals surface area contributed by atoms with Gasteiger partial charge in [0.15, 0.2) is 0 Å². The van der Waals surface area contributed by atoms with Crippen molar-refractivity contribution in [2.24, 2.45) is 5.92 Å². The summed E-state index contributed by atoms with van der Waals surface area (Å²) >= 11 is 0. The first-order valence-electron chi connectivity index (χ1n) is 7.46. The van der Waals surface area contributed by atoms with Gasteiger partial charge in [-0.05, 0) is 30.4 Å². The van der Waals surface area contributed by atoms with Crippen LogP contribution in [0, 0.1) is 5.92 Å². The molecule has 1 saturated carbocycles. The summed E-state index contributed by atoms with van der Waals surface area (Å²) in [5.41, 5.74) is 2.71. The van der Waals surface area contributed by atoms with E-state index in [-0.39, 0.29) is 5.41 Å². The second kappa shape index (κ2) is 4.45. The molecule has 3 heteroatoms. The summed E-state index contributed by atoms with van der Waals surface area (Å²) in [6.45, 7) is 1.60. The molecule has 2 fully saturated rings. The van der Waals surface area contributed by atoms with E-state index in [0.29, 0.717) is 11.7 Å². The molecule has 0 atom stereocenters. The molecular formula is C17H19NO2. The van der Waals surface area contributed by atoms with E-state index in [2.05, 4.69) is 35.4 Å². The maximum atomic E-state index is 11.5. The lowest BCUT2D eigenvalue weighted by molar-refractivity contribution is -0.127. The van der Waals surface area contributed by atoms with Crippen molar-refractivity contribution in [2.75, 3.05) is 13.2 Å². The minimum atomic E-state index is 0.125. The lowest BCUT2D eigenvalue weighted by Crippen LogP contribution is -2.53. The monoisotopic (exact) mass is 269 g/mol. The Morgan fingerprint density at radius 2 is 1.90 bits per heavy atom. The Bertz CT molecular complexity index is 644. The quantitative estimate of drug-likeness (QED) is 0.909. The number of H-pyrrole nitrogens is 1. The molecule has 0 radical (unpaired) electrons. The van der Waals surface area contributed by atoms with Crippen LogP contribution in [-0.4, -0.2) is 24.0 Å². The molecule has 3 nitrogen and oxygen atoms in total. The van der Waals surface area contributed by atoms with Gasteiger partial charge in [-0.1, -0.05) is 18.2 Å². The molecule has 1 aromatic heterocycles. The number of carbonyl (C=O) groups excluding carboxylic acids is 1. The lowest BCUT2D eigenvalue weighted by Gasteiger charge is -2.48. The molecule has 1 N–H and O–H groups in total. The van der Waals surface area contributed by atoms with Crippen LogP contribution in [0.15, 0.2) is 30.5 Å². The van der Waals surface area contributed by atoms with E-state index in [1.165, 1.54) is 16.5 Å². The summed E-state index contributed by atoms with van der Waals surface area (Å²) in [6, 6.07) is 8.47. The number of hydrogen-bond acceptors (Lipinski definition) is 2. The average molecular weight is 269 g/mol. The van der Waals surface area contributed by atoms with Crippen molar-refractivity contribution >= 4 is 16.7 Å². The number of ether oxygens (including phenoxy) is 1. The maximum Gasteiger partial charge on any atom is 0.132 e. The second-order valence-electron chi connectivity index (χ2n) is 6.21. The summed E-state index contributed by atoms with van der Waals surface area (Å²) in [5.74, 6) is 1.00. The minimum Gasteiger partial charge on any atom is -0.379 e. The fourth-order valence-electron chi connectivity index (χ4n) is 3.91. The maximum absolute atomic E-state index is 11.5. The molecule has 4 rings (SSSR count). The van der Waals surface area contributed by atoms with Crippen LogP contribution < -0.4 is 0 Å². The van der Waals surface area contributed by atoms with Crippen molar-refractivity contribution in [3.05, 3.63) is 36.0 Å². The van der Waals surface area contributed by atoms with E-state index >= 15 is 0 Å². The third-order valence-corrected chi connectivity index (χ3v) is 5.17. The normalized spacial score (nSPS) is 22.9. The molecule has 1 aromatic carbocycles. The molecule has 20 heavy (non-hydrogen) atoms. The molecule has 1 aliphatic carbocycles. The predicted octanol–water partition coefficient (Wildman–Crippen LogP) is 3.20. The largest absolute Gasteiger partial charge is 0.379 e. The van der Waals surface area contributed by atoms with Gasteiger partial charge in [-0.15, -0.1) is 0 Å². The van der Waals surface area contributed by atoms with E-state index in [4.69, 9.17) is 4.74 Å². The molecule has 0 unspecified atom stereocenters. The van der Waals surface area contributed by atoms with Gasteiger partial charge < -0.3 is 9.72 Å². The molecular weight excluding hydrogens is 250 g/mol. The van der Waals surface area contributed by atoms with Crippen molar-refractivity contribution in [2.45, 2.75) is 31.1 Å². The third kappa shape index (κ3) is 1.66. The highest BCUT2D eigenvalue weighted by Crippen LogP contribution is 2.47. The van der Waals surface area contributed by atoms with Crippen LogP contribution in [0.5, 0.6) is 0 Å². The second-order valence-corrected chi connectivity index (χ2v) is 6.21. The summed E-state index contributed by atoms with van der Waals surface area (Å²) in [6.07, 6.45) is 5.68. The van der Waals surface area contributed by atoms with Gasteiger partial charge in [0.1, 0.15) is 5.78 Å². The van der Waals surface area contributed by atoms with E-state index in [0.717, 1.165) is 38.9 Å². The fraction of sp³-hybridized carbons (Fsp3) is 0.471. The van der Waals surface area contributed by atoms with Crippen LogP contribution in [-0.2, 0) is 14.9 Å². The lowest BCUT2D eigenvalue weighted by atomic mass is 9.63. The highest BCUT2D eigenvalue weighted by molar-refractivity contribution is 5.84. The Morgan fingerprint density at radius 1 is 1.15 bits per heavy atom. The predicted molar refractivity (Wildman–Crippen MR) is 77.8 cm³/mol. The number of rotatable bonds is 2. The molecule has 0 spiro atoms. The van der Waals surface area contributed by atoms with Crippen molar-refractivity contribution in [3.63, 3.8) is 0 Å². The Labute approximate surface area is 118 Å². The fourth-order valence-corrected chi connectivity index (χ4v) is 3.91. The van der Waals surface area contributed by atoms with Crippen molar-refractivity contribution < 1.29 is 9.53 Å². The van der Waals surface area contributed by atoms with Gasteiger partial charge in [0.2, 0.25) is 0 Å². The standard InChI is InChI=1S/C17H19NO2/c19-13-7-5-12(6-8-13)17(10-20-11-17)15-9-18-16-4-2-1-3-14(15)16/h1-4,9,12,18H,5-8,10-11H2. The Hall–Kier alpha value is -1.61. The highest BCUT2D eigenvalue weighted by atomic mass is 16.5. The minimum absolute atomic E-state index is 0.125. The number of aromatic nitrogens is 1. The topological polar surface area (TPSA) is 42.1 Å². The van der Waals surface area contributed by atoms with Crippen LogP contribution in [0.4, 0.5) is 0 Å². The van der Waals surface area contributed by atoms with Crippen LogP contribution in [0.3, 0.4) is 0 Å². The van der Waals surface area contributed by atoms with Gasteiger partial charge in [-0.3, -0.25) is 4.79 Å². The molecule has 1 saturated heterocycles. The Morgan fingerprint density at radius 3 is 2.60 bits per heavy atom. The van der Waals surface area contributed by atoms with Crippen LogP contribution >= 0.6 is 0 Å². The zero-order chi connectivity index (χ0) is 13.6. The van der Waals surface area contributed by atoms with Crippen LogP contribution in [0.2, 0.25) is 0 Å². The van der Waals surface area contributed by atoms with Crippen molar-refractivity contribution in [1.29, 1.82) is 0 Å². The molecule has 0 bridgehead atoms. The molecule has 2 aliphatic rings. The summed E-state index contributed by atoms with van der Waals surface area (Å²) < 4.78 is 5.59. The summed E-state index contributed by atoms with van der Waals surface area (Å²) in [5, 5.41) is 1.31. The SMILES string of the molecule is O=C1CCC(C2(c3c[nH]c4ccccc34)COC2)CC1. The number of benzene rings is 1.